The first kappa shape index (κ1) is 16.8. The molecule has 22 heavy (non-hydrogen) atoms. The molecule has 0 fully saturated rings. The van der Waals surface area contributed by atoms with Crippen LogP contribution >= 0.6 is 0 Å². The van der Waals surface area contributed by atoms with Gasteiger partial charge in [0.1, 0.15) is 0 Å². The zero-order chi connectivity index (χ0) is 15.8. The fraction of sp³-hybridized carbons (Fsp3) is 0.429. The molecule has 0 aliphatic rings. The Bertz CT molecular complexity index is 539. The summed E-state index contributed by atoms with van der Waals surface area (Å²) in [5.74, 6) is 0.385. The molecule has 0 bridgehead atoms. The van der Waals surface area contributed by atoms with Crippen molar-refractivity contribution in [1.82, 2.24) is 0 Å². The second-order valence-corrected chi connectivity index (χ2v) is 6.32. The van der Waals surface area contributed by atoms with Gasteiger partial charge in [-0.15, -0.1) is 0 Å². The summed E-state index contributed by atoms with van der Waals surface area (Å²) in [6.07, 6.45) is 5.77. The Labute approximate surface area is 135 Å². The van der Waals surface area contributed by atoms with E-state index in [0.717, 1.165) is 12.8 Å². The number of benzene rings is 2. The zero-order valence-electron chi connectivity index (χ0n) is 13.9. The molecule has 0 spiro atoms. The highest BCUT2D eigenvalue weighted by Crippen LogP contribution is 2.22. The van der Waals surface area contributed by atoms with Gasteiger partial charge in [0.25, 0.3) is 0 Å². The SMILES string of the molecule is CCCCc1ccc(-c2ccc(CC[C@H](C)CO)cc2)cc1. The molecule has 0 radical (unpaired) electrons. The maximum absolute atomic E-state index is 9.08. The highest BCUT2D eigenvalue weighted by Gasteiger charge is 2.02. The smallest absolute Gasteiger partial charge is 0.0456 e. The van der Waals surface area contributed by atoms with Crippen LogP contribution in [-0.4, -0.2) is 11.7 Å². The van der Waals surface area contributed by atoms with Gasteiger partial charge in [0.15, 0.2) is 0 Å². The van der Waals surface area contributed by atoms with E-state index in [1.54, 1.807) is 0 Å². The molecule has 1 atom stereocenters. The number of aliphatic hydroxyl groups is 1. The number of aliphatic hydroxyl groups excluding tert-OH is 1. The molecule has 1 nitrogen and oxygen atoms in total. The monoisotopic (exact) mass is 296 g/mol. The van der Waals surface area contributed by atoms with Gasteiger partial charge in [0.2, 0.25) is 0 Å². The fourth-order valence-electron chi connectivity index (χ4n) is 2.61. The van der Waals surface area contributed by atoms with E-state index in [2.05, 4.69) is 62.4 Å². The fourth-order valence-corrected chi connectivity index (χ4v) is 2.61. The van der Waals surface area contributed by atoms with E-state index in [0.29, 0.717) is 5.92 Å². The minimum absolute atomic E-state index is 0.280. The average Bonchev–Trinajstić information content (AvgIpc) is 2.58. The van der Waals surface area contributed by atoms with Crippen molar-refractivity contribution in [2.24, 2.45) is 5.92 Å². The third kappa shape index (κ3) is 4.99. The molecule has 0 aliphatic heterocycles. The third-order valence-corrected chi connectivity index (χ3v) is 4.30. The Morgan fingerprint density at radius 2 is 1.32 bits per heavy atom. The molecule has 0 amide bonds. The molecule has 0 aliphatic carbocycles. The molecule has 0 aromatic heterocycles. The van der Waals surface area contributed by atoms with E-state index >= 15 is 0 Å². The van der Waals surface area contributed by atoms with Gasteiger partial charge < -0.3 is 5.11 Å². The highest BCUT2D eigenvalue weighted by molar-refractivity contribution is 5.63. The normalized spacial score (nSPS) is 12.3. The quantitative estimate of drug-likeness (QED) is 0.704. The lowest BCUT2D eigenvalue weighted by Gasteiger charge is -2.09. The van der Waals surface area contributed by atoms with Crippen molar-refractivity contribution in [3.8, 4) is 11.1 Å². The third-order valence-electron chi connectivity index (χ3n) is 4.30. The second kappa shape index (κ2) is 8.75. The summed E-state index contributed by atoms with van der Waals surface area (Å²) >= 11 is 0. The molecule has 2 aromatic carbocycles. The maximum atomic E-state index is 9.08. The van der Waals surface area contributed by atoms with E-state index in [4.69, 9.17) is 5.11 Å². The lowest BCUT2D eigenvalue weighted by Crippen LogP contribution is -2.02. The van der Waals surface area contributed by atoms with E-state index in [9.17, 15) is 0 Å². The van der Waals surface area contributed by atoms with Gasteiger partial charge in [0, 0.05) is 6.61 Å². The molecule has 2 aromatic rings. The van der Waals surface area contributed by atoms with Gasteiger partial charge in [-0.25, -0.2) is 0 Å². The summed E-state index contributed by atoms with van der Waals surface area (Å²) in [6, 6.07) is 17.8. The maximum Gasteiger partial charge on any atom is 0.0456 e. The van der Waals surface area contributed by atoms with Gasteiger partial charge >= 0.3 is 0 Å². The first-order chi connectivity index (χ1) is 10.7. The van der Waals surface area contributed by atoms with E-state index in [1.807, 2.05) is 0 Å². The van der Waals surface area contributed by atoms with Crippen LogP contribution < -0.4 is 0 Å². The molecule has 1 heteroatoms. The van der Waals surface area contributed by atoms with Crippen molar-refractivity contribution >= 4 is 0 Å². The first-order valence-corrected chi connectivity index (χ1v) is 8.52. The number of unbranched alkanes of at least 4 members (excludes halogenated alkanes) is 1. The molecular weight excluding hydrogens is 268 g/mol. The Balaban J connectivity index is 1.97. The molecule has 2 rings (SSSR count). The van der Waals surface area contributed by atoms with Crippen molar-refractivity contribution in [1.29, 1.82) is 0 Å². The van der Waals surface area contributed by atoms with Crippen LogP contribution in [0.15, 0.2) is 48.5 Å². The van der Waals surface area contributed by atoms with Gasteiger partial charge in [-0.3, -0.25) is 0 Å². The summed E-state index contributed by atoms with van der Waals surface area (Å²) in [7, 11) is 0. The minimum atomic E-state index is 0.280. The van der Waals surface area contributed by atoms with Gasteiger partial charge in [0.05, 0.1) is 0 Å². The van der Waals surface area contributed by atoms with Crippen molar-refractivity contribution in [3.63, 3.8) is 0 Å². The molecule has 1 N–H and O–H groups in total. The van der Waals surface area contributed by atoms with E-state index in [-0.39, 0.29) is 6.61 Å². The predicted molar refractivity (Wildman–Crippen MR) is 95.1 cm³/mol. The van der Waals surface area contributed by atoms with Gasteiger partial charge in [-0.1, -0.05) is 68.8 Å². The first-order valence-electron chi connectivity index (χ1n) is 8.52. The molecular formula is C21H28O. The topological polar surface area (TPSA) is 20.2 Å². The number of aryl methyl sites for hydroxylation is 2. The van der Waals surface area contributed by atoms with Crippen LogP contribution in [0.25, 0.3) is 11.1 Å². The van der Waals surface area contributed by atoms with E-state index in [1.165, 1.54) is 41.5 Å². The van der Waals surface area contributed by atoms with Crippen LogP contribution in [-0.2, 0) is 12.8 Å². The lowest BCUT2D eigenvalue weighted by molar-refractivity contribution is 0.230. The number of hydrogen-bond donors (Lipinski definition) is 1. The minimum Gasteiger partial charge on any atom is -0.396 e. The molecule has 0 saturated heterocycles. The second-order valence-electron chi connectivity index (χ2n) is 6.32. The predicted octanol–water partition coefficient (Wildman–Crippen LogP) is 5.26. The van der Waals surface area contributed by atoms with Crippen LogP contribution in [0, 0.1) is 5.92 Å². The van der Waals surface area contributed by atoms with Crippen LogP contribution in [0.4, 0.5) is 0 Å². The molecule has 0 unspecified atom stereocenters. The van der Waals surface area contributed by atoms with Gasteiger partial charge in [-0.05, 0) is 53.9 Å². The summed E-state index contributed by atoms with van der Waals surface area (Å²) < 4.78 is 0. The Hall–Kier alpha value is -1.60. The van der Waals surface area contributed by atoms with Crippen LogP contribution in [0.1, 0.15) is 44.2 Å². The molecule has 0 saturated carbocycles. The Morgan fingerprint density at radius 1 is 0.818 bits per heavy atom. The van der Waals surface area contributed by atoms with Crippen molar-refractivity contribution in [3.05, 3.63) is 59.7 Å². The number of hydrogen-bond acceptors (Lipinski definition) is 1. The van der Waals surface area contributed by atoms with Gasteiger partial charge in [-0.2, -0.15) is 0 Å². The standard InChI is InChI=1S/C21H28O/c1-3-4-5-18-8-12-20(13-9-18)21-14-10-19(11-15-21)7-6-17(2)16-22/h8-15,17,22H,3-7,16H2,1-2H3/t17-/m0/s1. The summed E-state index contributed by atoms with van der Waals surface area (Å²) in [5, 5.41) is 9.08. The summed E-state index contributed by atoms with van der Waals surface area (Å²) in [5.41, 5.74) is 5.35. The molecule has 0 heterocycles. The lowest BCUT2D eigenvalue weighted by atomic mass is 9.98. The number of rotatable bonds is 8. The molecule has 118 valence electrons. The summed E-state index contributed by atoms with van der Waals surface area (Å²) in [4.78, 5) is 0. The van der Waals surface area contributed by atoms with Crippen molar-refractivity contribution < 1.29 is 5.11 Å². The van der Waals surface area contributed by atoms with Crippen LogP contribution in [0.5, 0.6) is 0 Å². The largest absolute Gasteiger partial charge is 0.396 e. The van der Waals surface area contributed by atoms with Crippen molar-refractivity contribution in [2.75, 3.05) is 6.61 Å². The highest BCUT2D eigenvalue weighted by atomic mass is 16.3. The van der Waals surface area contributed by atoms with Crippen LogP contribution in [0.3, 0.4) is 0 Å². The zero-order valence-corrected chi connectivity index (χ0v) is 13.9. The Morgan fingerprint density at radius 3 is 1.77 bits per heavy atom. The van der Waals surface area contributed by atoms with E-state index < -0.39 is 0 Å². The average molecular weight is 296 g/mol. The van der Waals surface area contributed by atoms with Crippen molar-refractivity contribution in [2.45, 2.75) is 46.0 Å². The summed E-state index contributed by atoms with van der Waals surface area (Å²) in [6.45, 7) is 4.61. The Kier molecular flexibility index (Phi) is 6.67. The van der Waals surface area contributed by atoms with Crippen LogP contribution in [0.2, 0.25) is 0 Å².